The van der Waals surface area contributed by atoms with Crippen molar-refractivity contribution >= 4 is 61.7 Å². The van der Waals surface area contributed by atoms with Crippen LogP contribution in [0.2, 0.25) is 0 Å². The lowest BCUT2D eigenvalue weighted by Gasteiger charge is -2.18. The van der Waals surface area contributed by atoms with Gasteiger partial charge in [0, 0.05) is 56.9 Å². The van der Waals surface area contributed by atoms with E-state index in [1.165, 1.54) is 4.43 Å². The van der Waals surface area contributed by atoms with E-state index in [1.54, 1.807) is 79.7 Å². The molecule has 0 aliphatic heterocycles. The van der Waals surface area contributed by atoms with Gasteiger partial charge in [-0.25, -0.2) is 0 Å². The van der Waals surface area contributed by atoms with Crippen LogP contribution in [0.3, 0.4) is 0 Å². The molecule has 6 rings (SSSR count). The Hall–Kier alpha value is -3.35. The molecule has 0 bridgehead atoms. The Balaban J connectivity index is 0.000000278. The van der Waals surface area contributed by atoms with Crippen LogP contribution in [0.4, 0.5) is 0 Å². The number of fused-ring (bicyclic) bond motifs is 4. The molecule has 4 aromatic carbocycles. The van der Waals surface area contributed by atoms with E-state index in [-0.39, 0.29) is 35.3 Å². The van der Waals surface area contributed by atoms with Gasteiger partial charge in [0.2, 0.25) is 0 Å². The summed E-state index contributed by atoms with van der Waals surface area (Å²) in [5.74, 6) is -0.306. The molecule has 0 fully saturated rings. The largest absolute Gasteiger partial charge is 0.400 e. The van der Waals surface area contributed by atoms with Gasteiger partial charge in [-0.1, -0.05) is 120 Å². The van der Waals surface area contributed by atoms with Gasteiger partial charge in [0.1, 0.15) is 0 Å². The third-order valence-corrected chi connectivity index (χ3v) is 8.48. The van der Waals surface area contributed by atoms with Crippen molar-refractivity contribution in [3.05, 3.63) is 141 Å². The van der Waals surface area contributed by atoms with Gasteiger partial charge in [0.05, 0.1) is 18.8 Å². The first-order valence-electron chi connectivity index (χ1n) is 16.5. The molecule has 0 heterocycles. The van der Waals surface area contributed by atoms with Crippen molar-refractivity contribution in [3.63, 3.8) is 0 Å². The first kappa shape index (κ1) is 42.8. The zero-order chi connectivity index (χ0) is 37.4. The smallest absolute Gasteiger partial charge is 0.194 e. The summed E-state index contributed by atoms with van der Waals surface area (Å²) >= 11 is 5.64. The molecular formula is C41H46BrIO7. The van der Waals surface area contributed by atoms with E-state index in [1.807, 2.05) is 26.0 Å². The van der Waals surface area contributed by atoms with Gasteiger partial charge in [0.25, 0.3) is 0 Å². The second kappa shape index (κ2) is 21.8. The van der Waals surface area contributed by atoms with Crippen molar-refractivity contribution in [2.45, 2.75) is 71.6 Å². The highest BCUT2D eigenvalue weighted by molar-refractivity contribution is 14.1. The molecule has 2 unspecified atom stereocenters. The number of hydrogen-bond acceptors (Lipinski definition) is 7. The number of carbonyl (C=O) groups excluding carboxylic acids is 4. The molecule has 2 atom stereocenters. The maximum absolute atomic E-state index is 12.6. The van der Waals surface area contributed by atoms with Crippen molar-refractivity contribution in [3.8, 4) is 0 Å². The molecule has 2 aliphatic rings. The summed E-state index contributed by atoms with van der Waals surface area (Å²) in [6, 6.07) is 24.7. The minimum absolute atomic E-state index is 0.0667. The molecule has 50 heavy (non-hydrogen) atoms. The van der Waals surface area contributed by atoms with E-state index in [9.17, 15) is 19.2 Å². The Kier molecular flexibility index (Phi) is 18.6. The maximum atomic E-state index is 12.6. The molecule has 0 spiro atoms. The van der Waals surface area contributed by atoms with Gasteiger partial charge in [0.15, 0.2) is 23.1 Å². The maximum Gasteiger partial charge on any atom is 0.194 e. The first-order chi connectivity index (χ1) is 24.0. The molecule has 2 N–H and O–H groups in total. The molecule has 0 radical (unpaired) electrons. The molecule has 266 valence electrons. The van der Waals surface area contributed by atoms with Crippen LogP contribution in [0.5, 0.6) is 0 Å². The molecule has 0 saturated heterocycles. The van der Waals surface area contributed by atoms with E-state index in [0.29, 0.717) is 56.4 Å². The van der Waals surface area contributed by atoms with Crippen LogP contribution in [0.25, 0.3) is 0 Å². The van der Waals surface area contributed by atoms with Gasteiger partial charge in [-0.3, -0.25) is 19.2 Å². The third kappa shape index (κ3) is 11.1. The average Bonchev–Trinajstić information content (AvgIpc) is 3.16. The first-order valence-corrected chi connectivity index (χ1v) is 19.2. The fraction of sp³-hybridized carbons (Fsp3) is 0.317. The van der Waals surface area contributed by atoms with Crippen LogP contribution < -0.4 is 0 Å². The lowest BCUT2D eigenvalue weighted by atomic mass is 9.83. The van der Waals surface area contributed by atoms with Crippen molar-refractivity contribution in [1.82, 2.24) is 0 Å². The molecule has 0 saturated carbocycles. The Morgan fingerprint density at radius 1 is 0.600 bits per heavy atom. The summed E-state index contributed by atoms with van der Waals surface area (Å²) in [7, 11) is 1.00. The molecule has 7 nitrogen and oxygen atoms in total. The summed E-state index contributed by atoms with van der Waals surface area (Å²) in [6.07, 6.45) is 1.86. The number of carbonyl (C=O) groups is 4. The molecule has 9 heteroatoms. The Morgan fingerprint density at radius 2 is 0.920 bits per heavy atom. The number of ketones is 4. The Labute approximate surface area is 317 Å². The minimum Gasteiger partial charge on any atom is -0.400 e. The highest BCUT2D eigenvalue weighted by atomic mass is 127. The summed E-state index contributed by atoms with van der Waals surface area (Å²) in [5.41, 5.74) is 5.87. The lowest BCUT2D eigenvalue weighted by molar-refractivity contribution is 0.0508. The number of alkyl halides is 2. The quantitative estimate of drug-likeness (QED) is 0.127. The van der Waals surface area contributed by atoms with E-state index in [4.69, 9.17) is 14.9 Å². The Morgan fingerprint density at radius 3 is 1.26 bits per heavy atom. The SMILES string of the molecule is CCC(C)O.CCC(C)OCc1ccc2c(c1)C(=O)c1ccccc1C2=O.CCI.CO.O=C1c2ccccc2C(=O)c2cc(CBr)ccc21. The third-order valence-electron chi connectivity index (χ3n) is 7.83. The van der Waals surface area contributed by atoms with Gasteiger partial charge in [-0.15, -0.1) is 0 Å². The summed E-state index contributed by atoms with van der Waals surface area (Å²) in [5, 5.41) is 16.0. The van der Waals surface area contributed by atoms with Crippen LogP contribution in [0.15, 0.2) is 84.9 Å². The lowest BCUT2D eigenvalue weighted by Crippen LogP contribution is -2.21. The van der Waals surface area contributed by atoms with E-state index in [2.05, 4.69) is 52.4 Å². The number of ether oxygens (including phenoxy) is 1. The van der Waals surface area contributed by atoms with Crippen molar-refractivity contribution in [2.75, 3.05) is 11.5 Å². The fourth-order valence-corrected chi connectivity index (χ4v) is 5.17. The van der Waals surface area contributed by atoms with E-state index < -0.39 is 0 Å². The predicted molar refractivity (Wildman–Crippen MR) is 211 cm³/mol. The number of hydrogen-bond donors (Lipinski definition) is 2. The highest BCUT2D eigenvalue weighted by Gasteiger charge is 2.30. The van der Waals surface area contributed by atoms with Crippen LogP contribution in [0, 0.1) is 0 Å². The normalized spacial score (nSPS) is 13.1. The van der Waals surface area contributed by atoms with Crippen LogP contribution in [0.1, 0.15) is 122 Å². The van der Waals surface area contributed by atoms with Gasteiger partial charge >= 0.3 is 0 Å². The molecular weight excluding hydrogens is 811 g/mol. The summed E-state index contributed by atoms with van der Waals surface area (Å²) in [6.45, 7) is 10.4. The molecule has 0 aromatic heterocycles. The molecule has 2 aliphatic carbocycles. The van der Waals surface area contributed by atoms with Gasteiger partial charge in [-0.2, -0.15) is 0 Å². The van der Waals surface area contributed by atoms with Crippen LogP contribution in [-0.2, 0) is 16.7 Å². The van der Waals surface area contributed by atoms with Crippen LogP contribution in [-0.4, -0.2) is 57.1 Å². The standard InChI is InChI=1S/C19H18O3.C15H9BrO2.C4H10O.C2H5I.CH4O/c1-3-12(2)22-11-13-8-9-16-17(10-13)19(21)15-7-5-4-6-14(15)18(16)20;16-8-9-5-6-12-13(7-9)15(18)11-4-2-1-3-10(11)14(12)17;1-3-4(2)5;1-2-3;1-2/h4-10,12H,3,11H2,1-2H3;1-7H,8H2;4-5H,3H2,1-2H3;2H2,1H3;2H,1H3. The molecule has 0 amide bonds. The molecule has 4 aromatic rings. The summed E-state index contributed by atoms with van der Waals surface area (Å²) < 4.78 is 6.92. The minimum atomic E-state index is -0.116. The van der Waals surface area contributed by atoms with E-state index in [0.717, 1.165) is 31.1 Å². The number of aliphatic hydroxyl groups excluding tert-OH is 2. The average molecular weight is 858 g/mol. The zero-order valence-corrected chi connectivity index (χ0v) is 33.2. The van der Waals surface area contributed by atoms with Gasteiger partial charge < -0.3 is 14.9 Å². The van der Waals surface area contributed by atoms with Crippen molar-refractivity contribution in [2.24, 2.45) is 0 Å². The second-order valence-electron chi connectivity index (χ2n) is 11.4. The van der Waals surface area contributed by atoms with E-state index >= 15 is 0 Å². The highest BCUT2D eigenvalue weighted by Crippen LogP contribution is 2.29. The second-order valence-corrected chi connectivity index (χ2v) is 13.4. The summed E-state index contributed by atoms with van der Waals surface area (Å²) in [4.78, 5) is 49.7. The fourth-order valence-electron chi connectivity index (χ4n) is 4.82. The van der Waals surface area contributed by atoms with Crippen LogP contribution >= 0.6 is 38.5 Å². The van der Waals surface area contributed by atoms with Crippen molar-refractivity contribution < 1.29 is 34.1 Å². The number of benzene rings is 4. The number of aliphatic hydroxyl groups is 2. The number of rotatable bonds is 6. The number of halogens is 2. The van der Waals surface area contributed by atoms with Gasteiger partial charge in [-0.05, 0) is 66.5 Å². The topological polar surface area (TPSA) is 118 Å². The monoisotopic (exact) mass is 856 g/mol. The van der Waals surface area contributed by atoms with Crippen molar-refractivity contribution in [1.29, 1.82) is 0 Å². The predicted octanol–water partition coefficient (Wildman–Crippen LogP) is 8.96. The Bertz CT molecular complexity index is 1770. The zero-order valence-electron chi connectivity index (χ0n) is 29.5.